The summed E-state index contributed by atoms with van der Waals surface area (Å²) in [4.78, 5) is 25.7. The maximum Gasteiger partial charge on any atom is 0.346 e. The van der Waals surface area contributed by atoms with E-state index in [2.05, 4.69) is 6.07 Å². The lowest BCUT2D eigenvalue weighted by Gasteiger charge is -2.35. The molecule has 0 spiro atoms. The van der Waals surface area contributed by atoms with Crippen LogP contribution in [-0.2, 0) is 9.59 Å². The Balaban J connectivity index is 1.30. The second-order valence-electron chi connectivity index (χ2n) is 9.54. The maximum atomic E-state index is 11.7. The second kappa shape index (κ2) is 15.0. The molecule has 0 saturated carbocycles. The number of fused-ring (bicyclic) bond motifs is 1. The summed E-state index contributed by atoms with van der Waals surface area (Å²) in [5.74, 6) is 0.263. The van der Waals surface area contributed by atoms with E-state index in [0.717, 1.165) is 46.1 Å². The highest BCUT2D eigenvalue weighted by Gasteiger charge is 2.31. The van der Waals surface area contributed by atoms with Crippen LogP contribution in [0.2, 0.25) is 0 Å². The number of ether oxygens (including phenoxy) is 3. The molecule has 41 heavy (non-hydrogen) atoms. The first kappa shape index (κ1) is 29.9. The predicted octanol–water partition coefficient (Wildman–Crippen LogP) is 6.33. The number of nitrogens with zero attached hydrogens (tertiary/aromatic N) is 1. The zero-order valence-corrected chi connectivity index (χ0v) is 23.8. The van der Waals surface area contributed by atoms with Crippen LogP contribution in [0.15, 0.2) is 71.6 Å². The molecule has 0 bridgehead atoms. The summed E-state index contributed by atoms with van der Waals surface area (Å²) in [5.41, 5.74) is 2.47. The Labute approximate surface area is 244 Å². The van der Waals surface area contributed by atoms with Gasteiger partial charge in [0.05, 0.1) is 25.4 Å². The summed E-state index contributed by atoms with van der Waals surface area (Å²) in [6, 6.07) is 21.4. The van der Waals surface area contributed by atoms with Crippen LogP contribution in [0.25, 0.3) is 12.2 Å². The molecule has 1 unspecified atom stereocenters. The number of aliphatic carboxylic acids is 2. The molecule has 216 valence electrons. The van der Waals surface area contributed by atoms with E-state index >= 15 is 0 Å². The molecule has 3 aromatic rings. The van der Waals surface area contributed by atoms with Gasteiger partial charge in [-0.15, -0.1) is 11.8 Å². The van der Waals surface area contributed by atoms with E-state index < -0.39 is 18.0 Å². The molecule has 9 heteroatoms. The van der Waals surface area contributed by atoms with Crippen LogP contribution in [0.1, 0.15) is 36.8 Å². The van der Waals surface area contributed by atoms with Crippen molar-refractivity contribution in [1.29, 1.82) is 0 Å². The fraction of sp³-hybridized carbons (Fsp3) is 0.312. The number of rotatable bonds is 15. The van der Waals surface area contributed by atoms with Crippen molar-refractivity contribution in [3.63, 3.8) is 0 Å². The predicted molar refractivity (Wildman–Crippen MR) is 161 cm³/mol. The minimum absolute atomic E-state index is 0.0194. The third-order valence-electron chi connectivity index (χ3n) is 6.58. The van der Waals surface area contributed by atoms with Crippen LogP contribution in [0.3, 0.4) is 0 Å². The highest BCUT2D eigenvalue weighted by Crippen LogP contribution is 2.38. The van der Waals surface area contributed by atoms with Crippen LogP contribution in [-0.4, -0.2) is 60.8 Å². The van der Waals surface area contributed by atoms with Gasteiger partial charge in [0.15, 0.2) is 5.75 Å². The zero-order valence-electron chi connectivity index (χ0n) is 23.0. The number of unbranched alkanes of at least 4 members (excludes halogenated alkanes) is 1. The summed E-state index contributed by atoms with van der Waals surface area (Å²) < 4.78 is 17.6. The van der Waals surface area contributed by atoms with Crippen LogP contribution < -0.4 is 19.1 Å². The van der Waals surface area contributed by atoms with E-state index in [1.165, 1.54) is 0 Å². The number of hydrogen-bond donors (Lipinski definition) is 2. The Morgan fingerprint density at radius 2 is 1.71 bits per heavy atom. The molecular formula is C32H35NO7S. The molecule has 0 fully saturated rings. The minimum atomic E-state index is -1.05. The Morgan fingerprint density at radius 3 is 2.44 bits per heavy atom. The summed E-state index contributed by atoms with van der Waals surface area (Å²) in [6.07, 6.45) is 7.05. The van der Waals surface area contributed by atoms with Gasteiger partial charge in [0, 0.05) is 23.4 Å². The number of para-hydroxylation sites is 2. The molecule has 0 aromatic heterocycles. The highest BCUT2D eigenvalue weighted by atomic mass is 32.2. The third kappa shape index (κ3) is 8.69. The molecule has 1 atom stereocenters. The lowest BCUT2D eigenvalue weighted by molar-refractivity contribution is -0.145. The van der Waals surface area contributed by atoms with Crippen molar-refractivity contribution >= 4 is 41.5 Å². The van der Waals surface area contributed by atoms with E-state index in [1.54, 1.807) is 11.8 Å². The first-order valence-corrected chi connectivity index (χ1v) is 14.8. The Kier molecular flexibility index (Phi) is 11.0. The molecular weight excluding hydrogens is 542 g/mol. The number of anilines is 1. The lowest BCUT2D eigenvalue weighted by Crippen LogP contribution is -2.45. The molecule has 1 aliphatic heterocycles. The van der Waals surface area contributed by atoms with Crippen LogP contribution in [0, 0.1) is 0 Å². The summed E-state index contributed by atoms with van der Waals surface area (Å²) >= 11 is 1.67. The molecule has 2 N–H and O–H groups in total. The van der Waals surface area contributed by atoms with Gasteiger partial charge in [0.25, 0.3) is 0 Å². The summed E-state index contributed by atoms with van der Waals surface area (Å²) in [6.45, 7) is 1.84. The van der Waals surface area contributed by atoms with Crippen molar-refractivity contribution in [2.45, 2.75) is 36.7 Å². The van der Waals surface area contributed by atoms with Crippen molar-refractivity contribution in [3.05, 3.63) is 77.9 Å². The number of hydrogen-bond acceptors (Lipinski definition) is 7. The highest BCUT2D eigenvalue weighted by molar-refractivity contribution is 7.98. The normalized spacial score (nSPS) is 14.4. The largest absolute Gasteiger partial charge is 0.494 e. The third-order valence-corrected chi connectivity index (χ3v) is 7.35. The van der Waals surface area contributed by atoms with E-state index in [1.807, 2.05) is 84.0 Å². The Morgan fingerprint density at radius 1 is 0.951 bits per heavy atom. The molecule has 1 aliphatic rings. The smallest absolute Gasteiger partial charge is 0.346 e. The van der Waals surface area contributed by atoms with Crippen LogP contribution in [0.5, 0.6) is 17.2 Å². The summed E-state index contributed by atoms with van der Waals surface area (Å²) in [7, 11) is 0. The monoisotopic (exact) mass is 577 g/mol. The van der Waals surface area contributed by atoms with Gasteiger partial charge in [-0.05, 0) is 61.4 Å². The average Bonchev–Trinajstić information content (AvgIpc) is 2.98. The van der Waals surface area contributed by atoms with Crippen LogP contribution >= 0.6 is 11.8 Å². The standard InChI is InChI=1S/C32H35NO7S/c1-41-29-11-3-2-10-27(29)39-21-5-4-20-38-25-17-14-23(15-18-25)13-16-24-8-6-9-26-31(24)40-28(32(36)37)22-33(26)19-7-12-30(34)35/h2-3,6,8-11,13-18,28H,4-5,7,12,19-22H2,1H3,(H,34,35)(H,36,37). The lowest BCUT2D eigenvalue weighted by atomic mass is 10.1. The van der Waals surface area contributed by atoms with E-state index in [0.29, 0.717) is 31.9 Å². The SMILES string of the molecule is CSc1ccccc1OCCCCOc1ccc(C=Cc2cccc3c2OC(C(=O)O)CN3CCCC(=O)O)cc1. The van der Waals surface area contributed by atoms with Gasteiger partial charge in [0.1, 0.15) is 11.5 Å². The Hall–Kier alpha value is -4.11. The maximum absolute atomic E-state index is 11.7. The number of carboxylic acid groups (broad SMARTS) is 2. The van der Waals surface area contributed by atoms with E-state index in [4.69, 9.17) is 19.3 Å². The molecule has 1 heterocycles. The number of carbonyl (C=O) groups is 2. The van der Waals surface area contributed by atoms with Crippen molar-refractivity contribution < 1.29 is 34.0 Å². The Bertz CT molecular complexity index is 1340. The molecule has 8 nitrogen and oxygen atoms in total. The molecule has 0 amide bonds. The molecule has 3 aromatic carbocycles. The van der Waals surface area contributed by atoms with Crippen molar-refractivity contribution in [3.8, 4) is 17.2 Å². The molecule has 0 aliphatic carbocycles. The first-order valence-electron chi connectivity index (χ1n) is 13.6. The van der Waals surface area contributed by atoms with Crippen molar-refractivity contribution in [2.24, 2.45) is 0 Å². The number of carboxylic acids is 2. The quantitative estimate of drug-likeness (QED) is 0.122. The van der Waals surface area contributed by atoms with Gasteiger partial charge in [-0.2, -0.15) is 0 Å². The fourth-order valence-electron chi connectivity index (χ4n) is 4.47. The average molecular weight is 578 g/mol. The van der Waals surface area contributed by atoms with Gasteiger partial charge in [-0.25, -0.2) is 4.79 Å². The van der Waals surface area contributed by atoms with Gasteiger partial charge in [-0.3, -0.25) is 4.79 Å². The van der Waals surface area contributed by atoms with Gasteiger partial charge in [-0.1, -0.05) is 48.6 Å². The van der Waals surface area contributed by atoms with E-state index in [-0.39, 0.29) is 13.0 Å². The van der Waals surface area contributed by atoms with Gasteiger partial charge in [0.2, 0.25) is 6.10 Å². The van der Waals surface area contributed by atoms with Gasteiger partial charge < -0.3 is 29.3 Å². The van der Waals surface area contributed by atoms with Crippen LogP contribution in [0.4, 0.5) is 5.69 Å². The number of thioether (sulfide) groups is 1. The molecule has 0 saturated heterocycles. The van der Waals surface area contributed by atoms with E-state index in [9.17, 15) is 14.7 Å². The topological polar surface area (TPSA) is 106 Å². The fourth-order valence-corrected chi connectivity index (χ4v) is 5.01. The second-order valence-corrected chi connectivity index (χ2v) is 10.4. The van der Waals surface area contributed by atoms with Crippen molar-refractivity contribution in [1.82, 2.24) is 0 Å². The summed E-state index contributed by atoms with van der Waals surface area (Å²) in [5, 5.41) is 18.6. The molecule has 4 rings (SSSR count). The zero-order chi connectivity index (χ0) is 29.0. The minimum Gasteiger partial charge on any atom is -0.494 e. The van der Waals surface area contributed by atoms with Crippen molar-refractivity contribution in [2.75, 3.05) is 37.5 Å². The van der Waals surface area contributed by atoms with Gasteiger partial charge >= 0.3 is 11.9 Å². The number of benzene rings is 3. The first-order chi connectivity index (χ1) is 19.9. The molecule has 0 radical (unpaired) electrons.